The zero-order valence-electron chi connectivity index (χ0n) is 20.3. The van der Waals surface area contributed by atoms with Crippen molar-refractivity contribution in [3.63, 3.8) is 0 Å². The van der Waals surface area contributed by atoms with Gasteiger partial charge in [-0.1, -0.05) is 48.0 Å². The van der Waals surface area contributed by atoms with E-state index < -0.39 is 0 Å². The van der Waals surface area contributed by atoms with Crippen molar-refractivity contribution >= 4 is 52.2 Å². The predicted molar refractivity (Wildman–Crippen MR) is 146 cm³/mol. The van der Waals surface area contributed by atoms with E-state index in [0.717, 1.165) is 17.3 Å². The molecule has 1 N–H and O–H groups in total. The zero-order chi connectivity index (χ0) is 26.4. The SMILES string of the molecule is CCOc1cc(/C=C2/SC(=O)N(Cc3ccccc3Cl)C2=O)ccc1OCC(=O)Nc1cccc(C)c1. The van der Waals surface area contributed by atoms with Crippen LogP contribution in [0, 0.1) is 6.92 Å². The number of halogens is 1. The number of nitrogens with zero attached hydrogens (tertiary/aromatic N) is 1. The highest BCUT2D eigenvalue weighted by Gasteiger charge is 2.35. The fourth-order valence-corrected chi connectivity index (χ4v) is 4.68. The van der Waals surface area contributed by atoms with Crippen LogP contribution in [0.1, 0.15) is 23.6 Å². The second-order valence-electron chi connectivity index (χ2n) is 8.20. The molecule has 9 heteroatoms. The molecule has 0 aromatic heterocycles. The maximum atomic E-state index is 12.9. The minimum Gasteiger partial charge on any atom is -0.490 e. The van der Waals surface area contributed by atoms with Gasteiger partial charge >= 0.3 is 0 Å². The average molecular weight is 537 g/mol. The first-order valence-electron chi connectivity index (χ1n) is 11.6. The van der Waals surface area contributed by atoms with Gasteiger partial charge < -0.3 is 14.8 Å². The molecule has 1 fully saturated rings. The molecule has 0 atom stereocenters. The zero-order valence-corrected chi connectivity index (χ0v) is 21.9. The number of anilines is 1. The Morgan fingerprint density at radius 1 is 1.03 bits per heavy atom. The van der Waals surface area contributed by atoms with E-state index in [0.29, 0.717) is 44.8 Å². The van der Waals surface area contributed by atoms with Crippen molar-refractivity contribution in [2.45, 2.75) is 20.4 Å². The molecule has 7 nitrogen and oxygen atoms in total. The summed E-state index contributed by atoms with van der Waals surface area (Å²) in [4.78, 5) is 39.3. The molecule has 1 heterocycles. The fraction of sp³-hybridized carbons (Fsp3) is 0.179. The van der Waals surface area contributed by atoms with Gasteiger partial charge in [-0.15, -0.1) is 0 Å². The van der Waals surface area contributed by atoms with Crippen LogP contribution in [0.2, 0.25) is 5.02 Å². The number of carbonyl (C=O) groups is 3. The lowest BCUT2D eigenvalue weighted by Gasteiger charge is -2.14. The quantitative estimate of drug-likeness (QED) is 0.323. The second-order valence-corrected chi connectivity index (χ2v) is 9.61. The van der Waals surface area contributed by atoms with Gasteiger partial charge in [-0.05, 0) is 78.7 Å². The van der Waals surface area contributed by atoms with E-state index in [9.17, 15) is 14.4 Å². The third-order valence-electron chi connectivity index (χ3n) is 5.39. The van der Waals surface area contributed by atoms with Crippen molar-refractivity contribution in [1.82, 2.24) is 4.90 Å². The van der Waals surface area contributed by atoms with Gasteiger partial charge in [0.05, 0.1) is 18.1 Å². The Balaban J connectivity index is 1.45. The van der Waals surface area contributed by atoms with Crippen LogP contribution >= 0.6 is 23.4 Å². The Labute approximate surface area is 224 Å². The van der Waals surface area contributed by atoms with E-state index in [1.54, 1.807) is 48.5 Å². The number of hydrogen-bond donors (Lipinski definition) is 1. The number of amides is 3. The Morgan fingerprint density at radius 2 is 1.84 bits per heavy atom. The number of nitrogens with one attached hydrogen (secondary N) is 1. The Kier molecular flexibility index (Phi) is 8.53. The number of benzene rings is 3. The van der Waals surface area contributed by atoms with E-state index in [1.165, 1.54) is 4.90 Å². The van der Waals surface area contributed by atoms with Gasteiger partial charge in [0.25, 0.3) is 17.1 Å². The standard InChI is InChI=1S/C28H25ClN2O5S/c1-3-35-24-14-19(11-12-23(24)36-17-26(32)30-21-9-6-7-18(2)13-21)15-25-27(33)31(28(34)37-25)16-20-8-4-5-10-22(20)29/h4-15H,3,16-17H2,1-2H3,(H,30,32)/b25-15+. The maximum absolute atomic E-state index is 12.9. The first-order valence-corrected chi connectivity index (χ1v) is 12.8. The highest BCUT2D eigenvalue weighted by molar-refractivity contribution is 8.18. The molecule has 0 unspecified atom stereocenters. The fourth-order valence-electron chi connectivity index (χ4n) is 3.65. The van der Waals surface area contributed by atoms with Crippen molar-refractivity contribution in [1.29, 1.82) is 0 Å². The third kappa shape index (κ3) is 6.72. The number of carbonyl (C=O) groups excluding carboxylic acids is 3. The minimum atomic E-state index is -0.388. The Hall–Kier alpha value is -3.75. The van der Waals surface area contributed by atoms with Gasteiger partial charge in [0, 0.05) is 10.7 Å². The molecule has 0 bridgehead atoms. The molecular weight excluding hydrogens is 512 g/mol. The summed E-state index contributed by atoms with van der Waals surface area (Å²) in [5, 5.41) is 2.93. The van der Waals surface area contributed by atoms with E-state index >= 15 is 0 Å². The highest BCUT2D eigenvalue weighted by Crippen LogP contribution is 2.36. The summed E-state index contributed by atoms with van der Waals surface area (Å²) in [6.07, 6.45) is 1.63. The van der Waals surface area contributed by atoms with Gasteiger partial charge in [0.2, 0.25) is 0 Å². The normalized spacial score (nSPS) is 14.2. The molecule has 4 rings (SSSR count). The van der Waals surface area contributed by atoms with Crippen molar-refractivity contribution in [3.8, 4) is 11.5 Å². The number of ether oxygens (including phenoxy) is 2. The minimum absolute atomic E-state index is 0.100. The molecule has 3 amide bonds. The average Bonchev–Trinajstić information content (AvgIpc) is 3.12. The van der Waals surface area contributed by atoms with Crippen molar-refractivity contribution in [3.05, 3.63) is 93.3 Å². The third-order valence-corrected chi connectivity index (χ3v) is 6.66. The van der Waals surface area contributed by atoms with Gasteiger partial charge in [0.15, 0.2) is 18.1 Å². The number of thioether (sulfide) groups is 1. The highest BCUT2D eigenvalue weighted by atomic mass is 35.5. The molecule has 37 heavy (non-hydrogen) atoms. The summed E-state index contributed by atoms with van der Waals surface area (Å²) in [6, 6.07) is 19.7. The summed E-state index contributed by atoms with van der Waals surface area (Å²) >= 11 is 7.07. The van der Waals surface area contributed by atoms with Crippen LogP contribution < -0.4 is 14.8 Å². The number of imide groups is 1. The van der Waals surface area contributed by atoms with Crippen LogP contribution in [0.25, 0.3) is 6.08 Å². The molecule has 0 spiro atoms. The van der Waals surface area contributed by atoms with Crippen molar-refractivity contribution in [2.24, 2.45) is 0 Å². The van der Waals surface area contributed by atoms with Crippen molar-refractivity contribution in [2.75, 3.05) is 18.5 Å². The maximum Gasteiger partial charge on any atom is 0.293 e. The molecule has 0 saturated carbocycles. The molecule has 1 saturated heterocycles. The van der Waals surface area contributed by atoms with Gasteiger partial charge in [0.1, 0.15) is 0 Å². The monoisotopic (exact) mass is 536 g/mol. The second kappa shape index (κ2) is 12.0. The molecular formula is C28H25ClN2O5S. The number of aryl methyl sites for hydroxylation is 1. The lowest BCUT2D eigenvalue weighted by atomic mass is 10.1. The molecule has 1 aliphatic rings. The van der Waals surface area contributed by atoms with Crippen LogP contribution in [0.3, 0.4) is 0 Å². The van der Waals surface area contributed by atoms with E-state index in [4.69, 9.17) is 21.1 Å². The van der Waals surface area contributed by atoms with Crippen LogP contribution in [-0.4, -0.2) is 35.2 Å². The van der Waals surface area contributed by atoms with Crippen LogP contribution in [0.5, 0.6) is 11.5 Å². The predicted octanol–water partition coefficient (Wildman–Crippen LogP) is 6.30. The number of rotatable bonds is 9. The van der Waals surface area contributed by atoms with Gasteiger partial charge in [-0.3, -0.25) is 19.3 Å². The first-order chi connectivity index (χ1) is 17.8. The van der Waals surface area contributed by atoms with Gasteiger partial charge in [-0.2, -0.15) is 0 Å². The van der Waals surface area contributed by atoms with E-state index in [2.05, 4.69) is 5.32 Å². The van der Waals surface area contributed by atoms with Crippen molar-refractivity contribution < 1.29 is 23.9 Å². The molecule has 3 aromatic carbocycles. The molecule has 0 aliphatic carbocycles. The Bertz CT molecular complexity index is 1370. The molecule has 1 aliphatic heterocycles. The first kappa shape index (κ1) is 26.3. The summed E-state index contributed by atoms with van der Waals surface area (Å²) < 4.78 is 11.4. The summed E-state index contributed by atoms with van der Waals surface area (Å²) in [6.45, 7) is 4.06. The van der Waals surface area contributed by atoms with Crippen LogP contribution in [0.4, 0.5) is 10.5 Å². The van der Waals surface area contributed by atoms with E-state index in [-0.39, 0.29) is 30.2 Å². The summed E-state index contributed by atoms with van der Waals surface area (Å²) in [7, 11) is 0. The molecule has 190 valence electrons. The smallest absolute Gasteiger partial charge is 0.293 e. The largest absolute Gasteiger partial charge is 0.490 e. The van der Waals surface area contributed by atoms with E-state index in [1.807, 2.05) is 38.1 Å². The topological polar surface area (TPSA) is 84.9 Å². The molecule has 0 radical (unpaired) electrons. The molecule has 3 aromatic rings. The number of hydrogen-bond acceptors (Lipinski definition) is 6. The summed E-state index contributed by atoms with van der Waals surface area (Å²) in [5.41, 5.74) is 3.08. The Morgan fingerprint density at radius 3 is 2.59 bits per heavy atom. The van der Waals surface area contributed by atoms with Crippen LogP contribution in [0.15, 0.2) is 71.6 Å². The van der Waals surface area contributed by atoms with Gasteiger partial charge in [-0.25, -0.2) is 0 Å². The van der Waals surface area contributed by atoms with Crippen LogP contribution in [-0.2, 0) is 16.1 Å². The lowest BCUT2D eigenvalue weighted by molar-refractivity contribution is -0.123. The lowest BCUT2D eigenvalue weighted by Crippen LogP contribution is -2.27. The summed E-state index contributed by atoms with van der Waals surface area (Å²) in [5.74, 6) is 0.130.